The number of carbonyl (C=O) groups excluding carboxylic acids is 2. The van der Waals surface area contributed by atoms with Crippen molar-refractivity contribution in [3.63, 3.8) is 0 Å². The van der Waals surface area contributed by atoms with Crippen molar-refractivity contribution in [3.8, 4) is 0 Å². The van der Waals surface area contributed by atoms with E-state index in [0.29, 0.717) is 40.3 Å². The van der Waals surface area contributed by atoms with E-state index < -0.39 is 0 Å². The molecule has 0 unspecified atom stereocenters. The topological polar surface area (TPSA) is 118 Å². The van der Waals surface area contributed by atoms with Gasteiger partial charge >= 0.3 is 0 Å². The number of thiazole rings is 1. The summed E-state index contributed by atoms with van der Waals surface area (Å²) in [7, 11) is 1.89. The van der Waals surface area contributed by atoms with Gasteiger partial charge in [0.25, 0.3) is 5.91 Å². The predicted octanol–water partition coefficient (Wildman–Crippen LogP) is 3.29. The summed E-state index contributed by atoms with van der Waals surface area (Å²) in [6.07, 6.45) is 0.789. The number of aromatic nitrogens is 3. The maximum atomic E-state index is 12.6. The number of halogens is 2. The smallest absolute Gasteiger partial charge is 0.251 e. The molecule has 1 aliphatic rings. The minimum atomic E-state index is -0.322. The molecule has 0 bridgehead atoms. The summed E-state index contributed by atoms with van der Waals surface area (Å²) in [6, 6.07) is 10.8. The lowest BCUT2D eigenvalue weighted by Gasteiger charge is -2.16. The van der Waals surface area contributed by atoms with E-state index in [2.05, 4.69) is 20.6 Å². The zero-order chi connectivity index (χ0) is 23.1. The van der Waals surface area contributed by atoms with Crippen LogP contribution in [0.15, 0.2) is 36.4 Å². The number of nitrogens with zero attached hydrogens (tertiary/aromatic N) is 4. The third-order valence-electron chi connectivity index (χ3n) is 5.69. The van der Waals surface area contributed by atoms with E-state index in [4.69, 9.17) is 17.3 Å². The Kier molecular flexibility index (Phi) is 6.94. The number of hydrogen-bond donors (Lipinski definition) is 3. The van der Waals surface area contributed by atoms with Gasteiger partial charge in [0.05, 0.1) is 27.8 Å². The van der Waals surface area contributed by atoms with E-state index in [1.807, 2.05) is 35.9 Å². The highest BCUT2D eigenvalue weighted by molar-refractivity contribution is 7.22. The highest BCUT2D eigenvalue weighted by Crippen LogP contribution is 2.31. The van der Waals surface area contributed by atoms with Gasteiger partial charge in [-0.05, 0) is 42.8 Å². The van der Waals surface area contributed by atoms with Crippen molar-refractivity contribution in [1.82, 2.24) is 24.8 Å². The Balaban J connectivity index is 0.00000274. The molecule has 2 amide bonds. The second-order valence-electron chi connectivity index (χ2n) is 8.03. The van der Waals surface area contributed by atoms with Crippen LogP contribution in [0.4, 0.5) is 11.1 Å². The second-order valence-corrected chi connectivity index (χ2v) is 9.49. The molecule has 1 saturated heterocycles. The van der Waals surface area contributed by atoms with Gasteiger partial charge < -0.3 is 25.8 Å². The van der Waals surface area contributed by atoms with Crippen molar-refractivity contribution < 1.29 is 9.59 Å². The van der Waals surface area contributed by atoms with Crippen molar-refractivity contribution in [1.29, 1.82) is 0 Å². The molecule has 0 spiro atoms. The molecule has 178 valence electrons. The van der Waals surface area contributed by atoms with Crippen molar-refractivity contribution in [2.45, 2.75) is 12.5 Å². The number of benzene rings is 2. The molecule has 34 heavy (non-hydrogen) atoms. The Hall–Kier alpha value is -2.92. The lowest BCUT2D eigenvalue weighted by atomic mass is 10.2. The Morgan fingerprint density at radius 2 is 2.03 bits per heavy atom. The van der Waals surface area contributed by atoms with Gasteiger partial charge in [-0.1, -0.05) is 22.9 Å². The van der Waals surface area contributed by atoms with Crippen LogP contribution in [0.1, 0.15) is 16.8 Å². The van der Waals surface area contributed by atoms with Crippen molar-refractivity contribution in [3.05, 3.63) is 47.0 Å². The van der Waals surface area contributed by atoms with Crippen molar-refractivity contribution in [2.24, 2.45) is 12.8 Å². The fourth-order valence-corrected chi connectivity index (χ4v) is 5.02. The average Bonchev–Trinajstić information content (AvgIpc) is 3.48. The van der Waals surface area contributed by atoms with E-state index in [1.54, 1.807) is 17.0 Å². The molecular weight excluding hydrogens is 497 g/mol. The van der Waals surface area contributed by atoms with Crippen LogP contribution in [0.2, 0.25) is 5.02 Å². The number of nitrogens with one attached hydrogen (secondary N) is 2. The Morgan fingerprint density at radius 3 is 2.79 bits per heavy atom. The summed E-state index contributed by atoms with van der Waals surface area (Å²) < 4.78 is 2.88. The van der Waals surface area contributed by atoms with Gasteiger partial charge in [-0.3, -0.25) is 9.59 Å². The van der Waals surface area contributed by atoms with Crippen LogP contribution < -0.4 is 16.4 Å². The zero-order valence-corrected chi connectivity index (χ0v) is 20.6. The van der Waals surface area contributed by atoms with E-state index in [0.717, 1.165) is 22.2 Å². The third kappa shape index (κ3) is 4.80. The number of fused-ring (bicyclic) bond motifs is 2. The number of rotatable bonds is 5. The quantitative estimate of drug-likeness (QED) is 0.372. The molecule has 4 N–H and O–H groups in total. The number of amides is 2. The highest BCUT2D eigenvalue weighted by atomic mass is 35.5. The van der Waals surface area contributed by atoms with E-state index >= 15 is 0 Å². The normalized spacial score (nSPS) is 15.5. The first-order valence-corrected chi connectivity index (χ1v) is 11.7. The molecule has 5 rings (SSSR count). The van der Waals surface area contributed by atoms with Crippen LogP contribution in [0.25, 0.3) is 21.3 Å². The summed E-state index contributed by atoms with van der Waals surface area (Å²) in [5.41, 5.74) is 8.66. The summed E-state index contributed by atoms with van der Waals surface area (Å²) >= 11 is 7.55. The minimum Gasteiger partial charge on any atom is -0.343 e. The maximum Gasteiger partial charge on any atom is 0.251 e. The maximum absolute atomic E-state index is 12.6. The standard InChI is InChI=1S/C22H22ClN7O2S.ClH/c1-29-17-5-2-12(20(32)25-10-19(31)30-7-6-14(24)11-30)8-16(17)26-21(29)28-22-27-15-4-3-13(23)9-18(15)33-22;/h2-5,8-9,14H,6-7,10-11,24H2,1H3,(H,25,32)(H,26,27,28);1H/t14-;/m0./s1. The van der Waals surface area contributed by atoms with Crippen LogP contribution in [0.5, 0.6) is 0 Å². The first-order chi connectivity index (χ1) is 15.9. The highest BCUT2D eigenvalue weighted by Gasteiger charge is 2.23. The van der Waals surface area contributed by atoms with Gasteiger partial charge in [-0.2, -0.15) is 0 Å². The molecular formula is C22H23Cl2N7O2S. The first kappa shape index (κ1) is 24.2. The number of likely N-dealkylation sites (tertiary alicyclic amines) is 1. The molecule has 2 aromatic carbocycles. The second kappa shape index (κ2) is 9.75. The summed E-state index contributed by atoms with van der Waals surface area (Å²) in [4.78, 5) is 35.8. The largest absolute Gasteiger partial charge is 0.343 e. The Morgan fingerprint density at radius 1 is 1.21 bits per heavy atom. The molecule has 0 aliphatic carbocycles. The van der Waals surface area contributed by atoms with Gasteiger partial charge in [0.15, 0.2) is 5.13 Å². The van der Waals surface area contributed by atoms with Crippen molar-refractivity contribution >= 4 is 79.5 Å². The molecule has 2 aromatic heterocycles. The molecule has 1 fully saturated rings. The zero-order valence-electron chi connectivity index (χ0n) is 18.2. The van der Waals surface area contributed by atoms with E-state index in [9.17, 15) is 9.59 Å². The molecule has 1 aliphatic heterocycles. The molecule has 0 radical (unpaired) electrons. The number of carbonyl (C=O) groups is 2. The fraction of sp³-hybridized carbons (Fsp3) is 0.273. The number of nitrogens with two attached hydrogens (primary N) is 1. The minimum absolute atomic E-state index is 0. The Labute approximate surface area is 210 Å². The SMILES string of the molecule is Cl.Cn1c(Nc2nc3ccc(Cl)cc3s2)nc2cc(C(=O)NCC(=O)N3CC[C@H](N)C3)ccc21. The fourth-order valence-electron chi connectivity index (χ4n) is 3.88. The molecule has 12 heteroatoms. The van der Waals surface area contributed by atoms with Crippen LogP contribution >= 0.6 is 35.3 Å². The average molecular weight is 520 g/mol. The van der Waals surface area contributed by atoms with Gasteiger partial charge in [0, 0.05) is 36.8 Å². The van der Waals surface area contributed by atoms with Crippen LogP contribution in [-0.2, 0) is 11.8 Å². The van der Waals surface area contributed by atoms with Gasteiger partial charge in [0.1, 0.15) is 0 Å². The number of hydrogen-bond acceptors (Lipinski definition) is 7. The molecule has 9 nitrogen and oxygen atoms in total. The van der Waals surface area contributed by atoms with E-state index in [-0.39, 0.29) is 36.8 Å². The first-order valence-electron chi connectivity index (χ1n) is 10.5. The summed E-state index contributed by atoms with van der Waals surface area (Å²) in [6.45, 7) is 1.11. The molecule has 4 aromatic rings. The Bertz CT molecular complexity index is 1390. The molecule has 0 saturated carbocycles. The number of anilines is 2. The van der Waals surface area contributed by atoms with Crippen LogP contribution in [-0.4, -0.2) is 56.9 Å². The van der Waals surface area contributed by atoms with Crippen LogP contribution in [0, 0.1) is 0 Å². The number of aryl methyl sites for hydroxylation is 1. The van der Waals surface area contributed by atoms with Gasteiger partial charge in [-0.25, -0.2) is 9.97 Å². The monoisotopic (exact) mass is 519 g/mol. The summed E-state index contributed by atoms with van der Waals surface area (Å²) in [5.74, 6) is 0.157. The van der Waals surface area contributed by atoms with Crippen molar-refractivity contribution in [2.75, 3.05) is 25.0 Å². The van der Waals surface area contributed by atoms with E-state index in [1.165, 1.54) is 11.3 Å². The lowest BCUT2D eigenvalue weighted by Crippen LogP contribution is -2.40. The molecule has 3 heterocycles. The van der Waals surface area contributed by atoms with Gasteiger partial charge in [0.2, 0.25) is 11.9 Å². The number of imidazole rings is 1. The molecule has 1 atom stereocenters. The predicted molar refractivity (Wildman–Crippen MR) is 137 cm³/mol. The third-order valence-corrected chi connectivity index (χ3v) is 6.86. The summed E-state index contributed by atoms with van der Waals surface area (Å²) in [5, 5.41) is 7.31. The van der Waals surface area contributed by atoms with Gasteiger partial charge in [-0.15, -0.1) is 12.4 Å². The lowest BCUT2D eigenvalue weighted by molar-refractivity contribution is -0.129. The van der Waals surface area contributed by atoms with Crippen LogP contribution in [0.3, 0.4) is 0 Å².